The molecule has 0 amide bonds. The fourth-order valence-electron chi connectivity index (χ4n) is 2.62. The van der Waals surface area contributed by atoms with Gasteiger partial charge < -0.3 is 5.11 Å². The first-order valence-corrected chi connectivity index (χ1v) is 9.68. The Balaban J connectivity index is 2.00. The van der Waals surface area contributed by atoms with Gasteiger partial charge in [0, 0.05) is 9.37 Å². The Morgan fingerprint density at radius 2 is 1.25 bits per heavy atom. The maximum Gasteiger partial charge on any atom is 0.126 e. The molecule has 0 aliphatic carbocycles. The van der Waals surface area contributed by atoms with Gasteiger partial charge in [-0.3, -0.25) is 4.21 Å². The van der Waals surface area contributed by atoms with Gasteiger partial charge >= 0.3 is 0 Å². The maximum atomic E-state index is 12.9. The molecule has 0 aromatic heterocycles. The topological polar surface area (TPSA) is 37.3 Å². The molecule has 0 saturated carbocycles. The van der Waals surface area contributed by atoms with E-state index in [0.29, 0.717) is 4.90 Å². The minimum atomic E-state index is -1.33. The summed E-state index contributed by atoms with van der Waals surface area (Å²) in [7, 11) is -1.33. The number of benzene rings is 3. The van der Waals surface area contributed by atoms with Gasteiger partial charge in [0.2, 0.25) is 0 Å². The summed E-state index contributed by atoms with van der Waals surface area (Å²) >= 11 is 3.38. The van der Waals surface area contributed by atoms with Gasteiger partial charge in [0.05, 0.1) is 16.6 Å². The average Bonchev–Trinajstić information content (AvgIpc) is 2.63. The summed E-state index contributed by atoms with van der Waals surface area (Å²) in [4.78, 5) is 0.698. The predicted octanol–water partition coefficient (Wildman–Crippen LogP) is 4.49. The third-order valence-electron chi connectivity index (χ3n) is 3.92. The Labute approximate surface area is 152 Å². The molecule has 122 valence electrons. The summed E-state index contributed by atoms with van der Waals surface area (Å²) in [6, 6.07) is 26.1. The zero-order valence-electron chi connectivity index (χ0n) is 12.9. The van der Waals surface area contributed by atoms with Crippen LogP contribution < -0.4 is 0 Å². The van der Waals surface area contributed by atoms with Crippen LogP contribution in [0.2, 0.25) is 0 Å². The number of halogens is 1. The molecular formula is C20H17BrO2S. The molecule has 0 spiro atoms. The van der Waals surface area contributed by atoms with E-state index >= 15 is 0 Å². The fraction of sp³-hybridized carbons (Fsp3) is 0.100. The first-order chi connectivity index (χ1) is 11.6. The normalized spacial score (nSPS) is 12.8. The van der Waals surface area contributed by atoms with Gasteiger partial charge in [-0.1, -0.05) is 76.6 Å². The van der Waals surface area contributed by atoms with Gasteiger partial charge in [-0.05, 0) is 35.4 Å². The number of hydrogen-bond donors (Lipinski definition) is 1. The van der Waals surface area contributed by atoms with Crippen molar-refractivity contribution in [1.29, 1.82) is 0 Å². The monoisotopic (exact) mass is 400 g/mol. The van der Waals surface area contributed by atoms with E-state index in [-0.39, 0.29) is 5.75 Å². The van der Waals surface area contributed by atoms with Gasteiger partial charge in [-0.15, -0.1) is 0 Å². The van der Waals surface area contributed by atoms with E-state index in [0.717, 1.165) is 15.6 Å². The van der Waals surface area contributed by atoms with Crippen LogP contribution in [-0.4, -0.2) is 15.1 Å². The maximum absolute atomic E-state index is 12.9. The molecule has 1 N–H and O–H groups in total. The second-order valence-corrected chi connectivity index (χ2v) is 7.90. The van der Waals surface area contributed by atoms with Crippen molar-refractivity contribution in [3.63, 3.8) is 0 Å². The first-order valence-electron chi connectivity index (χ1n) is 7.57. The largest absolute Gasteiger partial charge is 0.379 e. The van der Waals surface area contributed by atoms with Crippen molar-refractivity contribution < 1.29 is 9.32 Å². The second-order valence-electron chi connectivity index (χ2n) is 5.54. The SMILES string of the molecule is O=[S@](CC(O)(c1ccccc1)c1ccccc1)c1ccc(Br)cc1. The zero-order chi connectivity index (χ0) is 17.0. The highest BCUT2D eigenvalue weighted by molar-refractivity contribution is 9.10. The van der Waals surface area contributed by atoms with Crippen LogP contribution in [0.3, 0.4) is 0 Å². The van der Waals surface area contributed by atoms with E-state index in [1.807, 2.05) is 84.9 Å². The summed E-state index contributed by atoms with van der Waals surface area (Å²) in [6.07, 6.45) is 0. The Kier molecular flexibility index (Phi) is 5.29. The van der Waals surface area contributed by atoms with Gasteiger partial charge in [-0.2, -0.15) is 0 Å². The van der Waals surface area contributed by atoms with Gasteiger partial charge in [0.15, 0.2) is 0 Å². The average molecular weight is 401 g/mol. The lowest BCUT2D eigenvalue weighted by Gasteiger charge is -2.29. The Bertz CT molecular complexity index is 778. The minimum absolute atomic E-state index is 0.0999. The van der Waals surface area contributed by atoms with Crippen molar-refractivity contribution in [2.45, 2.75) is 10.5 Å². The minimum Gasteiger partial charge on any atom is -0.379 e. The summed E-state index contributed by atoms with van der Waals surface area (Å²) in [6.45, 7) is 0. The van der Waals surface area contributed by atoms with Crippen LogP contribution in [0.25, 0.3) is 0 Å². The molecule has 0 radical (unpaired) electrons. The van der Waals surface area contributed by atoms with E-state index < -0.39 is 16.4 Å². The van der Waals surface area contributed by atoms with Crippen LogP contribution in [0.15, 0.2) is 94.3 Å². The predicted molar refractivity (Wildman–Crippen MR) is 101 cm³/mol. The molecule has 0 bridgehead atoms. The Morgan fingerprint density at radius 1 is 0.792 bits per heavy atom. The van der Waals surface area contributed by atoms with Crippen LogP contribution in [0.4, 0.5) is 0 Å². The van der Waals surface area contributed by atoms with Crippen molar-refractivity contribution >= 4 is 26.7 Å². The molecular weight excluding hydrogens is 384 g/mol. The number of hydrogen-bond acceptors (Lipinski definition) is 2. The van der Waals surface area contributed by atoms with Gasteiger partial charge in [0.25, 0.3) is 0 Å². The fourth-order valence-corrected chi connectivity index (χ4v) is 4.20. The molecule has 0 unspecified atom stereocenters. The van der Waals surface area contributed by atoms with Crippen LogP contribution in [0.5, 0.6) is 0 Å². The van der Waals surface area contributed by atoms with Crippen molar-refractivity contribution in [2.75, 3.05) is 5.75 Å². The second kappa shape index (κ2) is 7.43. The lowest BCUT2D eigenvalue weighted by molar-refractivity contribution is 0.106. The highest BCUT2D eigenvalue weighted by Gasteiger charge is 2.33. The molecule has 3 rings (SSSR count). The molecule has 0 saturated heterocycles. The molecule has 0 aliphatic rings. The molecule has 3 aromatic rings. The van der Waals surface area contributed by atoms with Crippen LogP contribution in [0.1, 0.15) is 11.1 Å². The van der Waals surface area contributed by atoms with Gasteiger partial charge in [-0.25, -0.2) is 0 Å². The van der Waals surface area contributed by atoms with Crippen LogP contribution in [0, 0.1) is 0 Å². The smallest absolute Gasteiger partial charge is 0.126 e. The molecule has 0 heterocycles. The van der Waals surface area contributed by atoms with Crippen molar-refractivity contribution in [3.8, 4) is 0 Å². The summed E-state index contributed by atoms with van der Waals surface area (Å²) in [5.74, 6) is 0.0999. The summed E-state index contributed by atoms with van der Waals surface area (Å²) in [5, 5.41) is 11.4. The molecule has 4 heteroatoms. The highest BCUT2D eigenvalue weighted by Crippen LogP contribution is 2.32. The lowest BCUT2D eigenvalue weighted by atomic mass is 9.88. The van der Waals surface area contributed by atoms with E-state index in [9.17, 15) is 9.32 Å². The molecule has 24 heavy (non-hydrogen) atoms. The zero-order valence-corrected chi connectivity index (χ0v) is 15.3. The van der Waals surface area contributed by atoms with Crippen LogP contribution in [-0.2, 0) is 16.4 Å². The Hall–Kier alpha value is -1.75. The van der Waals surface area contributed by atoms with Crippen molar-refractivity contribution in [2.24, 2.45) is 0 Å². The van der Waals surface area contributed by atoms with E-state index in [1.54, 1.807) is 0 Å². The van der Waals surface area contributed by atoms with Gasteiger partial charge in [0.1, 0.15) is 5.60 Å². The standard InChI is InChI=1S/C20H17BrO2S/c21-18-11-13-19(14-12-18)24(23)15-20(22,16-7-3-1-4-8-16)17-9-5-2-6-10-17/h1-14,22H,15H2/t24-/m1/s1. The van der Waals surface area contributed by atoms with E-state index in [2.05, 4.69) is 15.9 Å². The third-order valence-corrected chi connectivity index (χ3v) is 5.93. The molecule has 2 nitrogen and oxygen atoms in total. The van der Waals surface area contributed by atoms with Crippen molar-refractivity contribution in [3.05, 3.63) is 101 Å². The van der Waals surface area contributed by atoms with E-state index in [1.165, 1.54) is 0 Å². The molecule has 3 aromatic carbocycles. The van der Waals surface area contributed by atoms with E-state index in [4.69, 9.17) is 0 Å². The number of rotatable bonds is 5. The first kappa shape index (κ1) is 17.1. The third kappa shape index (κ3) is 3.66. The summed E-state index contributed by atoms with van der Waals surface area (Å²) < 4.78 is 13.8. The number of aliphatic hydroxyl groups is 1. The molecule has 1 atom stereocenters. The molecule has 0 fully saturated rings. The van der Waals surface area contributed by atoms with Crippen molar-refractivity contribution in [1.82, 2.24) is 0 Å². The summed E-state index contributed by atoms with van der Waals surface area (Å²) in [5.41, 5.74) is 0.170. The van der Waals surface area contributed by atoms with Crippen LogP contribution >= 0.6 is 15.9 Å². The Morgan fingerprint density at radius 3 is 1.71 bits per heavy atom. The molecule has 0 aliphatic heterocycles. The highest BCUT2D eigenvalue weighted by atomic mass is 79.9. The quantitative estimate of drug-likeness (QED) is 0.684. The lowest BCUT2D eigenvalue weighted by Crippen LogP contribution is -2.33.